The number of hydrogen-bond donors (Lipinski definition) is 2. The summed E-state index contributed by atoms with van der Waals surface area (Å²) in [6, 6.07) is 15.0. The van der Waals surface area contributed by atoms with Gasteiger partial charge in [-0.25, -0.2) is 9.97 Å². The van der Waals surface area contributed by atoms with Crippen LogP contribution in [0.1, 0.15) is 11.1 Å². The van der Waals surface area contributed by atoms with Gasteiger partial charge in [-0.1, -0.05) is 58.8 Å². The minimum absolute atomic E-state index is 0.310. The molecule has 0 fully saturated rings. The molecule has 1 aromatic heterocycles. The second-order valence-corrected chi connectivity index (χ2v) is 5.77. The van der Waals surface area contributed by atoms with Crippen molar-refractivity contribution in [2.45, 2.75) is 0 Å². The molecular weight excluding hydrogens is 356 g/mol. The topological polar surface area (TPSA) is 121 Å². The first-order valence-corrected chi connectivity index (χ1v) is 8.39. The molecule has 0 aliphatic carbocycles. The molecule has 0 saturated carbocycles. The van der Waals surface area contributed by atoms with E-state index < -0.39 is 0 Å². The molecule has 0 aliphatic heterocycles. The fraction of sp³-hybridized carbons (Fsp3) is 0.100. The summed E-state index contributed by atoms with van der Waals surface area (Å²) >= 11 is 0. The monoisotopic (exact) mass is 376 g/mol. The van der Waals surface area contributed by atoms with Crippen molar-refractivity contribution in [3.8, 4) is 22.5 Å². The number of nitrogens with two attached hydrogens (primary N) is 2. The lowest BCUT2D eigenvalue weighted by Gasteiger charge is -2.06. The molecule has 0 aliphatic rings. The van der Waals surface area contributed by atoms with Crippen LogP contribution in [0.2, 0.25) is 0 Å². The van der Waals surface area contributed by atoms with Gasteiger partial charge in [0, 0.05) is 34.6 Å². The Bertz CT molecular complexity index is 898. The quantitative estimate of drug-likeness (QED) is 0.387. The Kier molecular flexibility index (Phi) is 5.81. The molecule has 0 amide bonds. The highest BCUT2D eigenvalue weighted by atomic mass is 16.6. The predicted octanol–water partition coefficient (Wildman–Crippen LogP) is 2.34. The minimum atomic E-state index is 0.310. The van der Waals surface area contributed by atoms with Gasteiger partial charge in [-0.2, -0.15) is 0 Å². The average molecular weight is 376 g/mol. The van der Waals surface area contributed by atoms with Crippen molar-refractivity contribution in [3.05, 3.63) is 72.1 Å². The average Bonchev–Trinajstić information content (AvgIpc) is 2.74. The summed E-state index contributed by atoms with van der Waals surface area (Å²) in [5.41, 5.74) is 15.9. The van der Waals surface area contributed by atoms with Crippen molar-refractivity contribution in [2.24, 2.45) is 21.8 Å². The molecule has 1 heterocycles. The van der Waals surface area contributed by atoms with Crippen LogP contribution in [0.4, 0.5) is 0 Å². The first-order valence-electron chi connectivity index (χ1n) is 8.39. The van der Waals surface area contributed by atoms with Crippen LogP contribution in [0, 0.1) is 0 Å². The van der Waals surface area contributed by atoms with Gasteiger partial charge in [-0.05, 0) is 5.56 Å². The molecule has 8 nitrogen and oxygen atoms in total. The normalized spacial score (nSPS) is 11.9. The zero-order chi connectivity index (χ0) is 19.9. The molecule has 0 bridgehead atoms. The van der Waals surface area contributed by atoms with Gasteiger partial charge >= 0.3 is 0 Å². The molecule has 3 rings (SSSR count). The molecular formula is C20H20N6O2. The third-order valence-electron chi connectivity index (χ3n) is 3.98. The maximum atomic E-state index is 5.80. The molecule has 4 N–H and O–H groups in total. The summed E-state index contributed by atoms with van der Waals surface area (Å²) in [5.74, 6) is 1.25. The fourth-order valence-corrected chi connectivity index (χ4v) is 2.55. The van der Waals surface area contributed by atoms with Crippen molar-refractivity contribution in [3.63, 3.8) is 0 Å². The number of aromatic nitrogens is 2. The van der Waals surface area contributed by atoms with E-state index in [4.69, 9.17) is 11.5 Å². The number of rotatable bonds is 6. The first kappa shape index (κ1) is 18.8. The second kappa shape index (κ2) is 8.63. The van der Waals surface area contributed by atoms with Crippen LogP contribution in [0.3, 0.4) is 0 Å². The Labute approximate surface area is 162 Å². The fourth-order valence-electron chi connectivity index (χ4n) is 2.55. The van der Waals surface area contributed by atoms with E-state index in [0.29, 0.717) is 17.5 Å². The van der Waals surface area contributed by atoms with Gasteiger partial charge in [0.1, 0.15) is 14.2 Å². The zero-order valence-electron chi connectivity index (χ0n) is 15.5. The van der Waals surface area contributed by atoms with Crippen LogP contribution in [-0.2, 0) is 9.68 Å². The number of oxime groups is 2. The summed E-state index contributed by atoms with van der Waals surface area (Å²) in [6.45, 7) is 0. The lowest BCUT2D eigenvalue weighted by molar-refractivity contribution is 0.213. The van der Waals surface area contributed by atoms with E-state index in [1.165, 1.54) is 14.2 Å². The zero-order valence-corrected chi connectivity index (χ0v) is 15.5. The van der Waals surface area contributed by atoms with Crippen LogP contribution in [0.15, 0.2) is 71.2 Å². The Hall–Kier alpha value is -3.94. The van der Waals surface area contributed by atoms with Crippen molar-refractivity contribution < 1.29 is 9.68 Å². The van der Waals surface area contributed by atoms with Crippen molar-refractivity contribution in [2.75, 3.05) is 14.2 Å². The number of hydrogen-bond acceptors (Lipinski definition) is 6. The Balaban J connectivity index is 1.78. The van der Waals surface area contributed by atoms with Gasteiger partial charge < -0.3 is 21.1 Å². The van der Waals surface area contributed by atoms with Gasteiger partial charge in [-0.15, -0.1) is 0 Å². The van der Waals surface area contributed by atoms with E-state index in [1.807, 2.05) is 48.5 Å². The largest absolute Gasteiger partial charge is 0.397 e. The van der Waals surface area contributed by atoms with Crippen LogP contribution in [0.5, 0.6) is 0 Å². The third kappa shape index (κ3) is 4.24. The third-order valence-corrected chi connectivity index (χ3v) is 3.98. The molecule has 142 valence electrons. The van der Waals surface area contributed by atoms with Crippen LogP contribution in [0.25, 0.3) is 22.5 Å². The van der Waals surface area contributed by atoms with Crippen LogP contribution >= 0.6 is 0 Å². The standard InChI is InChI=1S/C20H20N6O2/c1-27-25-18(21)14-5-3-13(4-6-14)17-11-23-20(24-12-17)16-9-7-15(8-10-16)19(22)26-28-2/h3-12H,1-2H3,(H2,21,25)(H2,22,26). The minimum Gasteiger partial charge on any atom is -0.397 e. The molecule has 0 atom stereocenters. The Morgan fingerprint density at radius 2 is 1.11 bits per heavy atom. The first-order chi connectivity index (χ1) is 13.6. The highest BCUT2D eigenvalue weighted by Crippen LogP contribution is 2.21. The van der Waals surface area contributed by atoms with Crippen molar-refractivity contribution in [1.29, 1.82) is 0 Å². The molecule has 28 heavy (non-hydrogen) atoms. The van der Waals surface area contributed by atoms with Crippen LogP contribution in [-0.4, -0.2) is 35.9 Å². The molecule has 0 radical (unpaired) electrons. The number of amidine groups is 2. The lowest BCUT2D eigenvalue weighted by atomic mass is 10.1. The van der Waals surface area contributed by atoms with Crippen molar-refractivity contribution >= 4 is 11.7 Å². The van der Waals surface area contributed by atoms with Gasteiger partial charge in [0.15, 0.2) is 17.5 Å². The second-order valence-electron chi connectivity index (χ2n) is 5.77. The molecule has 0 unspecified atom stereocenters. The van der Waals surface area contributed by atoms with E-state index >= 15 is 0 Å². The molecule has 0 spiro atoms. The number of benzene rings is 2. The van der Waals surface area contributed by atoms with E-state index in [0.717, 1.165) is 27.8 Å². The summed E-state index contributed by atoms with van der Waals surface area (Å²) in [5, 5.41) is 7.43. The lowest BCUT2D eigenvalue weighted by Crippen LogP contribution is -2.13. The SMILES string of the molecule is CO/N=C(\N)c1ccc(-c2ncc(-c3ccc(/C(N)=N\OC)cc3)cn2)cc1. The smallest absolute Gasteiger partial charge is 0.170 e. The van der Waals surface area contributed by atoms with Crippen LogP contribution < -0.4 is 11.5 Å². The maximum Gasteiger partial charge on any atom is 0.170 e. The summed E-state index contributed by atoms with van der Waals surface area (Å²) in [7, 11) is 2.90. The molecule has 2 aromatic carbocycles. The molecule has 3 aromatic rings. The summed E-state index contributed by atoms with van der Waals surface area (Å²) < 4.78 is 0. The van der Waals surface area contributed by atoms with Gasteiger partial charge in [0.2, 0.25) is 0 Å². The Morgan fingerprint density at radius 3 is 1.54 bits per heavy atom. The van der Waals surface area contributed by atoms with E-state index in [1.54, 1.807) is 12.4 Å². The highest BCUT2D eigenvalue weighted by Gasteiger charge is 2.06. The summed E-state index contributed by atoms with van der Waals surface area (Å²) in [6.07, 6.45) is 3.55. The van der Waals surface area contributed by atoms with Crippen molar-refractivity contribution in [1.82, 2.24) is 9.97 Å². The summed E-state index contributed by atoms with van der Waals surface area (Å²) in [4.78, 5) is 18.3. The number of nitrogens with zero attached hydrogens (tertiary/aromatic N) is 4. The maximum absolute atomic E-state index is 5.80. The predicted molar refractivity (Wildman–Crippen MR) is 108 cm³/mol. The molecule has 8 heteroatoms. The van der Waals surface area contributed by atoms with Gasteiger partial charge in [0.05, 0.1) is 0 Å². The molecule has 0 saturated heterocycles. The van der Waals surface area contributed by atoms with E-state index in [-0.39, 0.29) is 0 Å². The van der Waals surface area contributed by atoms with Gasteiger partial charge in [0.25, 0.3) is 0 Å². The van der Waals surface area contributed by atoms with E-state index in [2.05, 4.69) is 30.0 Å². The van der Waals surface area contributed by atoms with Gasteiger partial charge in [-0.3, -0.25) is 0 Å². The van der Waals surface area contributed by atoms with E-state index in [9.17, 15) is 0 Å². The highest BCUT2D eigenvalue weighted by molar-refractivity contribution is 5.98. The Morgan fingerprint density at radius 1 is 0.679 bits per heavy atom.